The molecule has 0 amide bonds. The lowest BCUT2D eigenvalue weighted by Crippen LogP contribution is -2.20. The minimum absolute atomic E-state index is 0.302. The van der Waals surface area contributed by atoms with Crippen molar-refractivity contribution in [3.05, 3.63) is 26.9 Å². The van der Waals surface area contributed by atoms with Crippen molar-refractivity contribution in [1.82, 2.24) is 10.3 Å². The van der Waals surface area contributed by atoms with Crippen molar-refractivity contribution in [3.63, 3.8) is 0 Å². The zero-order valence-electron chi connectivity index (χ0n) is 10.8. The maximum absolute atomic E-state index is 4.49. The van der Waals surface area contributed by atoms with Crippen LogP contribution in [0.3, 0.4) is 0 Å². The Balaban J connectivity index is 2.79. The largest absolute Gasteiger partial charge is 0.312 e. The number of hydrogen-bond acceptors (Lipinski definition) is 2. The third-order valence-corrected chi connectivity index (χ3v) is 3.77. The standard InChI is InChI=1S/C13H20Br2N2/c1-13(2,3)6-5-11(16-4)12-10(15)7-9(14)8-17-12/h7-8,11,16H,5-6H2,1-4H3. The van der Waals surface area contributed by atoms with Gasteiger partial charge in [-0.25, -0.2) is 0 Å². The minimum atomic E-state index is 0.302. The Labute approximate surface area is 121 Å². The van der Waals surface area contributed by atoms with Gasteiger partial charge in [-0.05, 0) is 63.2 Å². The number of rotatable bonds is 4. The molecule has 0 saturated carbocycles. The molecule has 1 unspecified atom stereocenters. The van der Waals surface area contributed by atoms with Gasteiger partial charge in [0.05, 0.1) is 11.7 Å². The van der Waals surface area contributed by atoms with Gasteiger partial charge in [-0.2, -0.15) is 0 Å². The van der Waals surface area contributed by atoms with Gasteiger partial charge < -0.3 is 5.32 Å². The molecule has 1 atom stereocenters. The number of halogens is 2. The Bertz CT molecular complexity index is 372. The van der Waals surface area contributed by atoms with Crippen LogP contribution in [0.2, 0.25) is 0 Å². The van der Waals surface area contributed by atoms with E-state index in [2.05, 4.69) is 62.9 Å². The maximum Gasteiger partial charge on any atom is 0.0715 e. The lowest BCUT2D eigenvalue weighted by Gasteiger charge is -2.23. The van der Waals surface area contributed by atoms with E-state index >= 15 is 0 Å². The van der Waals surface area contributed by atoms with Gasteiger partial charge in [0, 0.05) is 15.1 Å². The average Bonchev–Trinajstić information content (AvgIpc) is 2.19. The Kier molecular flexibility index (Phi) is 5.61. The molecule has 1 rings (SSSR count). The molecule has 1 heterocycles. The summed E-state index contributed by atoms with van der Waals surface area (Å²) in [6.45, 7) is 6.80. The van der Waals surface area contributed by atoms with E-state index in [-0.39, 0.29) is 0 Å². The van der Waals surface area contributed by atoms with Crippen LogP contribution in [0, 0.1) is 5.41 Å². The van der Waals surface area contributed by atoms with Gasteiger partial charge in [0.15, 0.2) is 0 Å². The van der Waals surface area contributed by atoms with E-state index in [1.54, 1.807) is 0 Å². The summed E-state index contributed by atoms with van der Waals surface area (Å²) in [5.74, 6) is 0. The van der Waals surface area contributed by atoms with Gasteiger partial charge in [-0.15, -0.1) is 0 Å². The quantitative estimate of drug-likeness (QED) is 0.838. The fourth-order valence-electron chi connectivity index (χ4n) is 1.68. The van der Waals surface area contributed by atoms with Crippen molar-refractivity contribution in [2.24, 2.45) is 5.41 Å². The van der Waals surface area contributed by atoms with Crippen LogP contribution in [0.15, 0.2) is 21.2 Å². The molecule has 0 aliphatic carbocycles. The highest BCUT2D eigenvalue weighted by Crippen LogP contribution is 2.30. The number of pyridine rings is 1. The van der Waals surface area contributed by atoms with Crippen molar-refractivity contribution in [2.75, 3.05) is 7.05 Å². The molecule has 0 aliphatic heterocycles. The monoisotopic (exact) mass is 362 g/mol. The lowest BCUT2D eigenvalue weighted by atomic mass is 9.88. The summed E-state index contributed by atoms with van der Waals surface area (Å²) in [6.07, 6.45) is 4.11. The predicted molar refractivity (Wildman–Crippen MR) is 80.1 cm³/mol. The first-order valence-electron chi connectivity index (χ1n) is 5.81. The Morgan fingerprint density at radius 3 is 2.47 bits per heavy atom. The molecule has 0 fully saturated rings. The van der Waals surface area contributed by atoms with Crippen molar-refractivity contribution in [3.8, 4) is 0 Å². The molecule has 17 heavy (non-hydrogen) atoms. The highest BCUT2D eigenvalue weighted by molar-refractivity contribution is 9.11. The van der Waals surface area contributed by atoms with E-state index in [0.29, 0.717) is 11.5 Å². The average molecular weight is 364 g/mol. The first-order valence-corrected chi connectivity index (χ1v) is 7.40. The molecule has 96 valence electrons. The molecule has 2 nitrogen and oxygen atoms in total. The summed E-state index contributed by atoms with van der Waals surface area (Å²) < 4.78 is 2.05. The second-order valence-electron chi connectivity index (χ2n) is 5.46. The Morgan fingerprint density at radius 2 is 2.00 bits per heavy atom. The van der Waals surface area contributed by atoms with Gasteiger partial charge >= 0.3 is 0 Å². The normalized spacial score (nSPS) is 13.8. The molecule has 4 heteroatoms. The first kappa shape index (κ1) is 15.1. The van der Waals surface area contributed by atoms with Crippen molar-refractivity contribution in [2.45, 2.75) is 39.7 Å². The van der Waals surface area contributed by atoms with Crippen LogP contribution in [0.1, 0.15) is 45.3 Å². The SMILES string of the molecule is CNC(CCC(C)(C)C)c1ncc(Br)cc1Br. The van der Waals surface area contributed by atoms with Crippen LogP contribution in [0.5, 0.6) is 0 Å². The smallest absolute Gasteiger partial charge is 0.0715 e. The Hall–Kier alpha value is 0.0700. The molecular formula is C13H20Br2N2. The molecule has 1 aromatic rings. The van der Waals surface area contributed by atoms with E-state index in [4.69, 9.17) is 0 Å². The third-order valence-electron chi connectivity index (χ3n) is 2.70. The summed E-state index contributed by atoms with van der Waals surface area (Å²) in [4.78, 5) is 4.49. The van der Waals surface area contributed by atoms with Gasteiger partial charge in [0.25, 0.3) is 0 Å². The van der Waals surface area contributed by atoms with E-state index < -0.39 is 0 Å². The summed E-state index contributed by atoms with van der Waals surface area (Å²) in [5.41, 5.74) is 1.44. The van der Waals surface area contributed by atoms with E-state index in [1.807, 2.05) is 19.3 Å². The van der Waals surface area contributed by atoms with Crippen molar-refractivity contribution >= 4 is 31.9 Å². The van der Waals surface area contributed by atoms with E-state index in [0.717, 1.165) is 21.1 Å². The topological polar surface area (TPSA) is 24.9 Å². The van der Waals surface area contributed by atoms with Crippen molar-refractivity contribution < 1.29 is 0 Å². The van der Waals surface area contributed by atoms with Crippen LogP contribution in [0.25, 0.3) is 0 Å². The summed E-state index contributed by atoms with van der Waals surface area (Å²) in [7, 11) is 1.99. The zero-order valence-corrected chi connectivity index (χ0v) is 14.0. The fourth-order valence-corrected chi connectivity index (χ4v) is 2.94. The highest BCUT2D eigenvalue weighted by atomic mass is 79.9. The molecule has 0 aliphatic rings. The lowest BCUT2D eigenvalue weighted by molar-refractivity contribution is 0.335. The van der Waals surface area contributed by atoms with Gasteiger partial charge in [-0.1, -0.05) is 20.8 Å². The molecule has 0 spiro atoms. The zero-order chi connectivity index (χ0) is 13.1. The molecule has 1 N–H and O–H groups in total. The number of aromatic nitrogens is 1. The summed E-state index contributed by atoms with van der Waals surface area (Å²) in [6, 6.07) is 2.35. The highest BCUT2D eigenvalue weighted by Gasteiger charge is 2.18. The second kappa shape index (κ2) is 6.30. The molecule has 0 aromatic carbocycles. The second-order valence-corrected chi connectivity index (χ2v) is 7.23. The number of hydrogen-bond donors (Lipinski definition) is 1. The number of nitrogens with one attached hydrogen (secondary N) is 1. The molecule has 0 saturated heterocycles. The van der Waals surface area contributed by atoms with Crippen LogP contribution in [-0.4, -0.2) is 12.0 Å². The van der Waals surface area contributed by atoms with Crippen LogP contribution in [0.4, 0.5) is 0 Å². The minimum Gasteiger partial charge on any atom is -0.312 e. The predicted octanol–water partition coefficient (Wildman–Crippen LogP) is 4.69. The molecular weight excluding hydrogens is 344 g/mol. The molecule has 1 aromatic heterocycles. The van der Waals surface area contributed by atoms with E-state index in [1.165, 1.54) is 6.42 Å². The first-order chi connectivity index (χ1) is 7.83. The van der Waals surface area contributed by atoms with Gasteiger partial charge in [0.1, 0.15) is 0 Å². The summed E-state index contributed by atoms with van der Waals surface area (Å²) >= 11 is 7.00. The van der Waals surface area contributed by atoms with Crippen LogP contribution < -0.4 is 5.32 Å². The van der Waals surface area contributed by atoms with Crippen LogP contribution >= 0.6 is 31.9 Å². The third kappa shape index (κ3) is 5.06. The van der Waals surface area contributed by atoms with E-state index in [9.17, 15) is 0 Å². The summed E-state index contributed by atoms with van der Waals surface area (Å²) in [5, 5.41) is 3.34. The van der Waals surface area contributed by atoms with Crippen molar-refractivity contribution in [1.29, 1.82) is 0 Å². The van der Waals surface area contributed by atoms with Gasteiger partial charge in [-0.3, -0.25) is 4.98 Å². The van der Waals surface area contributed by atoms with Gasteiger partial charge in [0.2, 0.25) is 0 Å². The molecule has 0 radical (unpaired) electrons. The Morgan fingerprint density at radius 1 is 1.35 bits per heavy atom. The maximum atomic E-state index is 4.49. The molecule has 0 bridgehead atoms. The number of nitrogens with zero attached hydrogens (tertiary/aromatic N) is 1. The van der Waals surface area contributed by atoms with Crippen LogP contribution in [-0.2, 0) is 0 Å². The fraction of sp³-hybridized carbons (Fsp3) is 0.615.